The Hall–Kier alpha value is 0.310. The third kappa shape index (κ3) is 4.36. The molecule has 1 fully saturated rings. The summed E-state index contributed by atoms with van der Waals surface area (Å²) in [5.74, 6) is 2.98. The summed E-state index contributed by atoms with van der Waals surface area (Å²) in [6, 6.07) is 1.45. The van der Waals surface area contributed by atoms with Crippen LogP contribution in [0.5, 0.6) is 0 Å². The van der Waals surface area contributed by atoms with E-state index in [2.05, 4.69) is 32.3 Å². The van der Waals surface area contributed by atoms with Gasteiger partial charge in [0.1, 0.15) is 0 Å². The van der Waals surface area contributed by atoms with Crippen molar-refractivity contribution in [1.82, 2.24) is 5.32 Å². The zero-order valence-corrected chi connectivity index (χ0v) is 11.6. The molecule has 1 aliphatic rings. The van der Waals surface area contributed by atoms with Crippen LogP contribution in [0, 0.1) is 11.8 Å². The van der Waals surface area contributed by atoms with Crippen molar-refractivity contribution in [1.29, 1.82) is 0 Å². The van der Waals surface area contributed by atoms with Crippen LogP contribution in [0.4, 0.5) is 0 Å². The largest absolute Gasteiger partial charge is 0.310 e. The van der Waals surface area contributed by atoms with Crippen molar-refractivity contribution in [3.8, 4) is 0 Å². The van der Waals surface area contributed by atoms with Gasteiger partial charge in [0.2, 0.25) is 0 Å². The van der Waals surface area contributed by atoms with Gasteiger partial charge in [0.25, 0.3) is 0 Å². The van der Waals surface area contributed by atoms with Gasteiger partial charge in [-0.15, -0.1) is 0 Å². The van der Waals surface area contributed by atoms with E-state index in [-0.39, 0.29) is 0 Å². The Labute approximate surface area is 99.8 Å². The molecule has 0 aliphatic heterocycles. The molecule has 2 heteroatoms. The van der Waals surface area contributed by atoms with Crippen molar-refractivity contribution in [2.75, 3.05) is 12.0 Å². The van der Waals surface area contributed by atoms with Gasteiger partial charge < -0.3 is 5.32 Å². The minimum atomic E-state index is 0.671. The molecule has 90 valence electrons. The topological polar surface area (TPSA) is 12.0 Å². The first-order valence-electron chi connectivity index (χ1n) is 6.40. The van der Waals surface area contributed by atoms with Gasteiger partial charge in [-0.1, -0.05) is 26.7 Å². The van der Waals surface area contributed by atoms with Crippen LogP contribution in [-0.4, -0.2) is 24.1 Å². The highest BCUT2D eigenvalue weighted by atomic mass is 32.2. The highest BCUT2D eigenvalue weighted by Crippen LogP contribution is 2.30. The molecule has 0 heterocycles. The molecule has 0 aromatic rings. The second kappa shape index (κ2) is 6.80. The fourth-order valence-electron chi connectivity index (χ4n) is 2.83. The van der Waals surface area contributed by atoms with Crippen molar-refractivity contribution >= 4 is 11.8 Å². The van der Waals surface area contributed by atoms with E-state index in [1.807, 2.05) is 11.8 Å². The highest BCUT2D eigenvalue weighted by molar-refractivity contribution is 7.98. The van der Waals surface area contributed by atoms with Crippen LogP contribution in [0.15, 0.2) is 0 Å². The molecule has 1 N–H and O–H groups in total. The van der Waals surface area contributed by atoms with Gasteiger partial charge in [-0.3, -0.25) is 0 Å². The summed E-state index contributed by atoms with van der Waals surface area (Å²) in [6.45, 7) is 7.08. The molecule has 0 bridgehead atoms. The van der Waals surface area contributed by atoms with E-state index in [1.54, 1.807) is 0 Å². The lowest BCUT2D eigenvalue weighted by Crippen LogP contribution is -2.45. The molecule has 1 nitrogen and oxygen atoms in total. The number of hydrogen-bond acceptors (Lipinski definition) is 2. The Balaban J connectivity index is 2.42. The number of nitrogens with one attached hydrogen (secondary N) is 1. The highest BCUT2D eigenvalue weighted by Gasteiger charge is 2.27. The zero-order valence-electron chi connectivity index (χ0n) is 10.8. The molecule has 15 heavy (non-hydrogen) atoms. The van der Waals surface area contributed by atoms with Gasteiger partial charge in [-0.25, -0.2) is 0 Å². The van der Waals surface area contributed by atoms with E-state index in [0.29, 0.717) is 6.04 Å². The Bertz CT molecular complexity index is 170. The Morgan fingerprint density at radius 1 is 1.20 bits per heavy atom. The Kier molecular flexibility index (Phi) is 6.06. The summed E-state index contributed by atoms with van der Waals surface area (Å²) < 4.78 is 0. The number of hydrogen-bond donors (Lipinski definition) is 1. The SMILES string of the molecule is CSCC(C)NC1CCCCC1C(C)C. The number of thioether (sulfide) groups is 1. The van der Waals surface area contributed by atoms with Gasteiger partial charge in [-0.2, -0.15) is 11.8 Å². The molecule has 0 aromatic carbocycles. The second-order valence-electron chi connectivity index (χ2n) is 5.32. The molecule has 1 aliphatic carbocycles. The van der Waals surface area contributed by atoms with Crippen molar-refractivity contribution in [3.05, 3.63) is 0 Å². The van der Waals surface area contributed by atoms with Gasteiger partial charge >= 0.3 is 0 Å². The average Bonchev–Trinajstić information content (AvgIpc) is 2.18. The standard InChI is InChI=1S/C13H27NS/c1-10(2)12-7-5-6-8-13(12)14-11(3)9-15-4/h10-14H,5-9H2,1-4H3. The van der Waals surface area contributed by atoms with Crippen LogP contribution in [0.3, 0.4) is 0 Å². The predicted molar refractivity (Wildman–Crippen MR) is 71.6 cm³/mol. The summed E-state index contributed by atoms with van der Waals surface area (Å²) in [4.78, 5) is 0. The molecule has 1 rings (SSSR count). The van der Waals surface area contributed by atoms with Gasteiger partial charge in [0, 0.05) is 17.8 Å². The summed E-state index contributed by atoms with van der Waals surface area (Å²) in [5, 5.41) is 3.83. The molecule has 0 spiro atoms. The third-order valence-electron chi connectivity index (χ3n) is 3.59. The predicted octanol–water partition coefficient (Wildman–Crippen LogP) is 3.54. The fraction of sp³-hybridized carbons (Fsp3) is 1.00. The first kappa shape index (κ1) is 13.4. The normalized spacial score (nSPS) is 29.4. The lowest BCUT2D eigenvalue weighted by atomic mass is 9.77. The zero-order chi connectivity index (χ0) is 11.3. The summed E-state index contributed by atoms with van der Waals surface area (Å²) in [7, 11) is 0. The molecular weight excluding hydrogens is 202 g/mol. The quantitative estimate of drug-likeness (QED) is 0.774. The molecule has 0 radical (unpaired) electrons. The first-order valence-corrected chi connectivity index (χ1v) is 7.79. The van der Waals surface area contributed by atoms with Crippen molar-refractivity contribution in [2.45, 2.75) is 58.5 Å². The maximum atomic E-state index is 3.83. The Morgan fingerprint density at radius 3 is 2.47 bits per heavy atom. The van der Waals surface area contributed by atoms with Crippen LogP contribution < -0.4 is 5.32 Å². The van der Waals surface area contributed by atoms with Gasteiger partial charge in [0.15, 0.2) is 0 Å². The van der Waals surface area contributed by atoms with E-state index in [0.717, 1.165) is 17.9 Å². The van der Waals surface area contributed by atoms with Gasteiger partial charge in [-0.05, 0) is 37.9 Å². The van der Waals surface area contributed by atoms with E-state index < -0.39 is 0 Å². The lowest BCUT2D eigenvalue weighted by Gasteiger charge is -2.36. The van der Waals surface area contributed by atoms with Crippen LogP contribution >= 0.6 is 11.8 Å². The first-order chi connectivity index (χ1) is 7.15. The van der Waals surface area contributed by atoms with E-state index >= 15 is 0 Å². The molecule has 3 atom stereocenters. The maximum Gasteiger partial charge on any atom is 0.0132 e. The molecular formula is C13H27NS. The van der Waals surface area contributed by atoms with Crippen LogP contribution in [0.2, 0.25) is 0 Å². The minimum absolute atomic E-state index is 0.671. The molecule has 0 aromatic heterocycles. The third-order valence-corrected chi connectivity index (χ3v) is 4.42. The summed E-state index contributed by atoms with van der Waals surface area (Å²) >= 11 is 1.95. The second-order valence-corrected chi connectivity index (χ2v) is 6.23. The van der Waals surface area contributed by atoms with Crippen LogP contribution in [0.1, 0.15) is 46.5 Å². The minimum Gasteiger partial charge on any atom is -0.310 e. The summed E-state index contributed by atoms with van der Waals surface area (Å²) in [6.07, 6.45) is 7.88. The van der Waals surface area contributed by atoms with Crippen LogP contribution in [0.25, 0.3) is 0 Å². The number of rotatable bonds is 5. The molecule has 0 saturated heterocycles. The van der Waals surface area contributed by atoms with Crippen LogP contribution in [-0.2, 0) is 0 Å². The van der Waals surface area contributed by atoms with E-state index in [9.17, 15) is 0 Å². The summed E-state index contributed by atoms with van der Waals surface area (Å²) in [5.41, 5.74) is 0. The van der Waals surface area contributed by atoms with Crippen molar-refractivity contribution in [2.24, 2.45) is 11.8 Å². The average molecular weight is 229 g/mol. The van der Waals surface area contributed by atoms with E-state index in [1.165, 1.54) is 31.4 Å². The lowest BCUT2D eigenvalue weighted by molar-refractivity contribution is 0.198. The molecule has 1 saturated carbocycles. The van der Waals surface area contributed by atoms with E-state index in [4.69, 9.17) is 0 Å². The molecule has 3 unspecified atom stereocenters. The smallest absolute Gasteiger partial charge is 0.0132 e. The molecule has 0 amide bonds. The Morgan fingerprint density at radius 2 is 1.87 bits per heavy atom. The maximum absolute atomic E-state index is 3.83. The van der Waals surface area contributed by atoms with Gasteiger partial charge in [0.05, 0.1) is 0 Å². The fourth-order valence-corrected chi connectivity index (χ4v) is 3.42. The van der Waals surface area contributed by atoms with Crippen molar-refractivity contribution < 1.29 is 0 Å². The monoisotopic (exact) mass is 229 g/mol. The van der Waals surface area contributed by atoms with Crippen molar-refractivity contribution in [3.63, 3.8) is 0 Å².